The zero-order valence-corrected chi connectivity index (χ0v) is 10.9. The summed E-state index contributed by atoms with van der Waals surface area (Å²) in [5, 5.41) is 4.84. The van der Waals surface area contributed by atoms with Gasteiger partial charge in [0.15, 0.2) is 0 Å². The number of anilines is 1. The minimum Gasteiger partial charge on any atom is -0.398 e. The average Bonchev–Trinajstić information content (AvgIpc) is 2.81. The van der Waals surface area contributed by atoms with E-state index in [1.165, 1.54) is 0 Å². The van der Waals surface area contributed by atoms with Gasteiger partial charge in [-0.3, -0.25) is 10.5 Å². The number of aromatic nitrogens is 2. The predicted molar refractivity (Wildman–Crippen MR) is 72.9 cm³/mol. The largest absolute Gasteiger partial charge is 0.398 e. The van der Waals surface area contributed by atoms with Crippen molar-refractivity contribution in [1.29, 1.82) is 0 Å². The summed E-state index contributed by atoms with van der Waals surface area (Å²) in [5.41, 5.74) is 11.2. The van der Waals surface area contributed by atoms with Crippen molar-refractivity contribution in [3.63, 3.8) is 0 Å². The van der Waals surface area contributed by atoms with Gasteiger partial charge < -0.3 is 5.73 Å². The van der Waals surface area contributed by atoms with E-state index in [0.717, 1.165) is 17.8 Å². The van der Waals surface area contributed by atoms with Crippen molar-refractivity contribution in [2.24, 2.45) is 5.84 Å². The Balaban J connectivity index is 2.45. The fourth-order valence-corrected chi connectivity index (χ4v) is 2.18. The molecule has 2 rings (SSSR count). The van der Waals surface area contributed by atoms with E-state index < -0.39 is 0 Å². The lowest BCUT2D eigenvalue weighted by atomic mass is 10.0. The molecular formula is C12H16ClN5. The van der Waals surface area contributed by atoms with Gasteiger partial charge in [-0.05, 0) is 30.7 Å². The van der Waals surface area contributed by atoms with Gasteiger partial charge in [-0.15, -0.1) is 0 Å². The summed E-state index contributed by atoms with van der Waals surface area (Å²) < 4.78 is 1.87. The number of nitrogens with zero attached hydrogens (tertiary/aromatic N) is 2. The van der Waals surface area contributed by atoms with E-state index in [2.05, 4.69) is 10.5 Å². The van der Waals surface area contributed by atoms with Crippen LogP contribution < -0.4 is 17.0 Å². The van der Waals surface area contributed by atoms with Crippen LogP contribution in [0.15, 0.2) is 30.5 Å². The van der Waals surface area contributed by atoms with Gasteiger partial charge in [-0.25, -0.2) is 5.43 Å². The standard InChI is InChI=1S/C12H16ClN5/c1-2-18-11(5-6-16-18)12(17-15)9-4-3-8(13)7-10(9)14/h3-7,12,17H,2,14-15H2,1H3. The maximum absolute atomic E-state index is 5.99. The molecule has 6 heteroatoms. The summed E-state index contributed by atoms with van der Waals surface area (Å²) in [6.45, 7) is 2.79. The van der Waals surface area contributed by atoms with Crippen LogP contribution in [0, 0.1) is 0 Å². The van der Waals surface area contributed by atoms with Crippen molar-refractivity contribution >= 4 is 17.3 Å². The second-order valence-electron chi connectivity index (χ2n) is 3.94. The number of nitrogens with two attached hydrogens (primary N) is 2. The van der Waals surface area contributed by atoms with E-state index in [1.54, 1.807) is 18.3 Å². The van der Waals surface area contributed by atoms with Gasteiger partial charge in [-0.2, -0.15) is 5.10 Å². The number of aryl methyl sites for hydroxylation is 1. The minimum atomic E-state index is -0.204. The van der Waals surface area contributed by atoms with Gasteiger partial charge in [0.25, 0.3) is 0 Å². The maximum atomic E-state index is 5.99. The third-order valence-corrected chi connectivity index (χ3v) is 3.11. The molecule has 1 unspecified atom stereocenters. The van der Waals surface area contributed by atoms with Crippen molar-refractivity contribution in [3.8, 4) is 0 Å². The second kappa shape index (κ2) is 5.39. The first kappa shape index (κ1) is 12.9. The van der Waals surface area contributed by atoms with Crippen LogP contribution >= 0.6 is 11.6 Å². The molecule has 0 fully saturated rings. The van der Waals surface area contributed by atoms with E-state index in [1.807, 2.05) is 23.7 Å². The molecule has 0 aliphatic rings. The number of hydrogen-bond donors (Lipinski definition) is 3. The Kier molecular flexibility index (Phi) is 3.86. The Labute approximate surface area is 111 Å². The lowest BCUT2D eigenvalue weighted by molar-refractivity contribution is 0.544. The molecule has 1 aromatic carbocycles. The Bertz CT molecular complexity index is 537. The van der Waals surface area contributed by atoms with Gasteiger partial charge in [0.2, 0.25) is 0 Å². The van der Waals surface area contributed by atoms with E-state index >= 15 is 0 Å². The first-order chi connectivity index (χ1) is 8.67. The van der Waals surface area contributed by atoms with Gasteiger partial charge in [0, 0.05) is 23.5 Å². The summed E-state index contributed by atoms with van der Waals surface area (Å²) in [6.07, 6.45) is 1.75. The molecule has 1 aromatic heterocycles. The summed E-state index contributed by atoms with van der Waals surface area (Å²) in [4.78, 5) is 0. The second-order valence-corrected chi connectivity index (χ2v) is 4.38. The summed E-state index contributed by atoms with van der Waals surface area (Å²) in [7, 11) is 0. The van der Waals surface area contributed by atoms with Crippen molar-refractivity contribution in [2.75, 3.05) is 5.73 Å². The van der Waals surface area contributed by atoms with Crippen LogP contribution in [0.1, 0.15) is 24.2 Å². The molecule has 0 amide bonds. The van der Waals surface area contributed by atoms with Crippen molar-refractivity contribution < 1.29 is 0 Å². The number of benzene rings is 1. The van der Waals surface area contributed by atoms with Crippen molar-refractivity contribution in [2.45, 2.75) is 19.5 Å². The van der Waals surface area contributed by atoms with E-state index in [4.69, 9.17) is 23.2 Å². The molecule has 2 aromatic rings. The molecule has 18 heavy (non-hydrogen) atoms. The lowest BCUT2D eigenvalue weighted by Gasteiger charge is -2.19. The molecule has 0 aliphatic carbocycles. The SMILES string of the molecule is CCn1nccc1C(NN)c1ccc(Cl)cc1N. The predicted octanol–water partition coefficient (Wildman–Crippen LogP) is 1.69. The van der Waals surface area contributed by atoms with Gasteiger partial charge in [0.05, 0.1) is 11.7 Å². The highest BCUT2D eigenvalue weighted by molar-refractivity contribution is 6.30. The average molecular weight is 266 g/mol. The number of halogens is 1. The fourth-order valence-electron chi connectivity index (χ4n) is 2.00. The molecule has 1 heterocycles. The molecular weight excluding hydrogens is 250 g/mol. The van der Waals surface area contributed by atoms with Crippen LogP contribution in [0.3, 0.4) is 0 Å². The number of hydrogen-bond acceptors (Lipinski definition) is 4. The normalized spacial score (nSPS) is 12.6. The number of nitrogens with one attached hydrogen (secondary N) is 1. The number of nitrogen functional groups attached to an aromatic ring is 1. The molecule has 0 saturated heterocycles. The monoisotopic (exact) mass is 265 g/mol. The molecule has 5 nitrogen and oxygen atoms in total. The number of hydrazine groups is 1. The third kappa shape index (κ3) is 2.33. The van der Waals surface area contributed by atoms with Crippen LogP contribution in [0.5, 0.6) is 0 Å². The quantitative estimate of drug-likeness (QED) is 0.446. The molecule has 0 aliphatic heterocycles. The first-order valence-corrected chi connectivity index (χ1v) is 6.08. The molecule has 0 saturated carbocycles. The third-order valence-electron chi connectivity index (χ3n) is 2.87. The van der Waals surface area contributed by atoms with Gasteiger partial charge in [0.1, 0.15) is 0 Å². The van der Waals surface area contributed by atoms with E-state index in [9.17, 15) is 0 Å². The van der Waals surface area contributed by atoms with E-state index in [-0.39, 0.29) is 6.04 Å². The molecule has 0 radical (unpaired) electrons. The molecule has 5 N–H and O–H groups in total. The fraction of sp³-hybridized carbons (Fsp3) is 0.250. The lowest BCUT2D eigenvalue weighted by Crippen LogP contribution is -2.31. The Morgan fingerprint density at radius 1 is 1.44 bits per heavy atom. The molecule has 96 valence electrons. The Morgan fingerprint density at radius 3 is 2.83 bits per heavy atom. The molecule has 1 atom stereocenters. The highest BCUT2D eigenvalue weighted by atomic mass is 35.5. The molecule has 0 spiro atoms. The van der Waals surface area contributed by atoms with Gasteiger partial charge in [-0.1, -0.05) is 17.7 Å². The van der Waals surface area contributed by atoms with Gasteiger partial charge >= 0.3 is 0 Å². The van der Waals surface area contributed by atoms with Crippen molar-refractivity contribution in [1.82, 2.24) is 15.2 Å². The summed E-state index contributed by atoms with van der Waals surface area (Å²) in [5.74, 6) is 5.65. The van der Waals surface area contributed by atoms with Crippen molar-refractivity contribution in [3.05, 3.63) is 46.7 Å². The molecule has 0 bridgehead atoms. The highest BCUT2D eigenvalue weighted by Crippen LogP contribution is 2.28. The number of rotatable bonds is 4. The smallest absolute Gasteiger partial charge is 0.0898 e. The Morgan fingerprint density at radius 2 is 2.22 bits per heavy atom. The summed E-state index contributed by atoms with van der Waals surface area (Å²) in [6, 6.07) is 7.10. The highest BCUT2D eigenvalue weighted by Gasteiger charge is 2.18. The zero-order valence-electron chi connectivity index (χ0n) is 10.1. The van der Waals surface area contributed by atoms with Crippen LogP contribution in [-0.2, 0) is 6.54 Å². The first-order valence-electron chi connectivity index (χ1n) is 5.70. The van der Waals surface area contributed by atoms with Crippen LogP contribution in [0.2, 0.25) is 5.02 Å². The Hall–Kier alpha value is -1.56. The maximum Gasteiger partial charge on any atom is 0.0898 e. The van der Waals surface area contributed by atoms with Crippen LogP contribution in [-0.4, -0.2) is 9.78 Å². The minimum absolute atomic E-state index is 0.204. The van der Waals surface area contributed by atoms with E-state index in [0.29, 0.717) is 10.7 Å². The zero-order chi connectivity index (χ0) is 13.1. The van der Waals surface area contributed by atoms with Crippen LogP contribution in [0.4, 0.5) is 5.69 Å². The summed E-state index contributed by atoms with van der Waals surface area (Å²) >= 11 is 5.90. The van der Waals surface area contributed by atoms with Crippen LogP contribution in [0.25, 0.3) is 0 Å². The topological polar surface area (TPSA) is 81.9 Å².